The van der Waals surface area contributed by atoms with E-state index >= 15 is 0 Å². The van der Waals surface area contributed by atoms with Gasteiger partial charge in [-0.25, -0.2) is 8.78 Å². The maximum atomic E-state index is 14.3. The Morgan fingerprint density at radius 3 is 2.57 bits per heavy atom. The average Bonchev–Trinajstić information content (AvgIpc) is 2.89. The van der Waals surface area contributed by atoms with E-state index in [0.717, 1.165) is 28.1 Å². The van der Waals surface area contributed by atoms with Gasteiger partial charge in [0.15, 0.2) is 5.83 Å². The molecule has 0 radical (unpaired) electrons. The zero-order valence-corrected chi connectivity index (χ0v) is 20.0. The molecule has 1 saturated heterocycles. The van der Waals surface area contributed by atoms with Crippen LogP contribution in [-0.4, -0.2) is 60.6 Å². The fourth-order valence-electron chi connectivity index (χ4n) is 4.79. The number of anilines is 2. The molecule has 35 heavy (non-hydrogen) atoms. The van der Waals surface area contributed by atoms with Crippen LogP contribution in [0.3, 0.4) is 0 Å². The van der Waals surface area contributed by atoms with Crippen LogP contribution in [0.2, 0.25) is 5.02 Å². The Kier molecular flexibility index (Phi) is 6.19. The quantitative estimate of drug-likeness (QED) is 0.503. The van der Waals surface area contributed by atoms with Gasteiger partial charge in [0, 0.05) is 49.4 Å². The van der Waals surface area contributed by atoms with Crippen LogP contribution in [0.4, 0.5) is 20.3 Å². The molecule has 182 valence electrons. The van der Waals surface area contributed by atoms with Crippen molar-refractivity contribution in [2.24, 2.45) is 0 Å². The Balaban J connectivity index is 1.46. The molecular weight excluding hydrogens is 476 g/mol. The first-order chi connectivity index (χ1) is 16.9. The van der Waals surface area contributed by atoms with Crippen molar-refractivity contribution in [3.05, 3.63) is 64.8 Å². The fraction of sp³-hybridized carbons (Fsp3) is 0.320. The smallest absolute Gasteiger partial charge is 0.318 e. The second-order valence-corrected chi connectivity index (χ2v) is 8.93. The highest BCUT2D eigenvalue weighted by molar-refractivity contribution is 6.36. The van der Waals surface area contributed by atoms with Crippen molar-refractivity contribution in [3.8, 4) is 6.01 Å². The topological polar surface area (TPSA) is 61.8 Å². The van der Waals surface area contributed by atoms with Gasteiger partial charge in [-0.05, 0) is 23.9 Å². The van der Waals surface area contributed by atoms with Crippen LogP contribution < -0.4 is 14.5 Å². The van der Waals surface area contributed by atoms with E-state index in [1.807, 2.05) is 18.2 Å². The van der Waals surface area contributed by atoms with Crippen LogP contribution in [0.15, 0.2) is 42.7 Å². The van der Waals surface area contributed by atoms with Crippen LogP contribution in [-0.2, 0) is 17.8 Å². The monoisotopic (exact) mass is 499 g/mol. The molecule has 0 saturated carbocycles. The molecule has 1 aromatic heterocycles. The van der Waals surface area contributed by atoms with E-state index in [1.54, 1.807) is 6.07 Å². The molecule has 1 amide bonds. The zero-order valence-electron chi connectivity index (χ0n) is 19.2. The highest BCUT2D eigenvalue weighted by Crippen LogP contribution is 2.38. The summed E-state index contributed by atoms with van der Waals surface area (Å²) in [6, 6.07) is 9.13. The van der Waals surface area contributed by atoms with E-state index in [2.05, 4.69) is 26.3 Å². The van der Waals surface area contributed by atoms with Gasteiger partial charge in [0.2, 0.25) is 0 Å². The minimum Gasteiger partial charge on any atom is -0.467 e. The third kappa shape index (κ3) is 4.25. The molecule has 0 aliphatic carbocycles. The number of benzene rings is 2. The van der Waals surface area contributed by atoms with Crippen LogP contribution in [0.5, 0.6) is 6.01 Å². The number of rotatable bonds is 4. The molecule has 0 N–H and O–H groups in total. The molecule has 0 spiro atoms. The van der Waals surface area contributed by atoms with E-state index in [-0.39, 0.29) is 11.0 Å². The van der Waals surface area contributed by atoms with Crippen molar-refractivity contribution in [2.75, 3.05) is 49.6 Å². The molecule has 2 aliphatic heterocycles. The lowest BCUT2D eigenvalue weighted by Gasteiger charge is -2.38. The number of carbonyl (C=O) groups excluding carboxylic acids is 1. The summed E-state index contributed by atoms with van der Waals surface area (Å²) in [5.41, 5.74) is 2.67. The number of hydrogen-bond acceptors (Lipinski definition) is 6. The summed E-state index contributed by atoms with van der Waals surface area (Å²) in [5.74, 6) is -1.32. The van der Waals surface area contributed by atoms with Gasteiger partial charge in [0.25, 0.3) is 5.91 Å². The van der Waals surface area contributed by atoms with Gasteiger partial charge in [-0.2, -0.15) is 9.97 Å². The van der Waals surface area contributed by atoms with E-state index in [4.69, 9.17) is 16.3 Å². The van der Waals surface area contributed by atoms with Gasteiger partial charge in [-0.15, -0.1) is 0 Å². The molecule has 3 heterocycles. The lowest BCUT2D eigenvalue weighted by Crippen LogP contribution is -2.49. The van der Waals surface area contributed by atoms with Crippen molar-refractivity contribution in [1.82, 2.24) is 14.9 Å². The largest absolute Gasteiger partial charge is 0.467 e. The maximum Gasteiger partial charge on any atom is 0.318 e. The molecule has 1 fully saturated rings. The van der Waals surface area contributed by atoms with E-state index in [0.29, 0.717) is 51.1 Å². The summed E-state index contributed by atoms with van der Waals surface area (Å²) >= 11 is 6.37. The molecule has 5 rings (SSSR count). The van der Waals surface area contributed by atoms with E-state index < -0.39 is 17.6 Å². The highest BCUT2D eigenvalue weighted by atomic mass is 35.5. The molecule has 0 bridgehead atoms. The summed E-state index contributed by atoms with van der Waals surface area (Å²) in [6.45, 7) is 6.01. The van der Waals surface area contributed by atoms with Gasteiger partial charge in [0.05, 0.1) is 24.4 Å². The number of amides is 1. The molecule has 10 heteroatoms. The minimum atomic E-state index is -0.951. The van der Waals surface area contributed by atoms with Gasteiger partial charge in [-0.1, -0.05) is 36.4 Å². The highest BCUT2D eigenvalue weighted by Gasteiger charge is 2.30. The number of fused-ring (bicyclic) bond motifs is 2. The predicted molar refractivity (Wildman–Crippen MR) is 131 cm³/mol. The molecular formula is C25H24ClF2N5O2. The first kappa shape index (κ1) is 23.3. The summed E-state index contributed by atoms with van der Waals surface area (Å²) < 4.78 is 32.9. The Labute approximate surface area is 206 Å². The number of aromatic nitrogens is 2. The van der Waals surface area contributed by atoms with Crippen molar-refractivity contribution in [3.63, 3.8) is 0 Å². The molecule has 0 unspecified atom stereocenters. The summed E-state index contributed by atoms with van der Waals surface area (Å²) in [6.07, 6.45) is 0.665. The lowest BCUT2D eigenvalue weighted by molar-refractivity contribution is -0.128. The van der Waals surface area contributed by atoms with Crippen LogP contribution in [0.25, 0.3) is 10.8 Å². The first-order valence-electron chi connectivity index (χ1n) is 11.3. The Morgan fingerprint density at radius 1 is 1.09 bits per heavy atom. The summed E-state index contributed by atoms with van der Waals surface area (Å²) in [7, 11) is 1.52. The van der Waals surface area contributed by atoms with Crippen molar-refractivity contribution < 1.29 is 18.3 Å². The Bertz CT molecular complexity index is 1330. The van der Waals surface area contributed by atoms with E-state index in [1.165, 1.54) is 18.1 Å². The standard InChI is InChI=1S/C25H24ClF2N5O2/c1-15(27)24(34)32-12-10-31(11-13-32)23-17-8-9-33(14-19(17)29-25(30-23)35-2)20-5-3-4-16-6-7-18(28)22(26)21(16)20/h3-7H,1,8-14H2,2H3. The van der Waals surface area contributed by atoms with E-state index in [9.17, 15) is 13.6 Å². The van der Waals surface area contributed by atoms with Gasteiger partial charge in [0.1, 0.15) is 11.6 Å². The van der Waals surface area contributed by atoms with Crippen molar-refractivity contribution in [1.29, 1.82) is 0 Å². The minimum absolute atomic E-state index is 0.105. The lowest BCUT2D eigenvalue weighted by atomic mass is 10.0. The molecule has 0 atom stereocenters. The zero-order chi connectivity index (χ0) is 24.7. The predicted octanol–water partition coefficient (Wildman–Crippen LogP) is 4.13. The average molecular weight is 500 g/mol. The van der Waals surface area contributed by atoms with Crippen molar-refractivity contribution >= 4 is 39.8 Å². The van der Waals surface area contributed by atoms with Crippen molar-refractivity contribution in [2.45, 2.75) is 13.0 Å². The Morgan fingerprint density at radius 2 is 1.86 bits per heavy atom. The fourth-order valence-corrected chi connectivity index (χ4v) is 5.06. The molecule has 2 aromatic carbocycles. The van der Waals surface area contributed by atoms with Gasteiger partial charge in [-0.3, -0.25) is 4.79 Å². The second-order valence-electron chi connectivity index (χ2n) is 8.55. The normalized spacial score (nSPS) is 15.8. The number of methoxy groups -OCH3 is 1. The maximum absolute atomic E-state index is 14.3. The first-order valence-corrected chi connectivity index (χ1v) is 11.7. The number of hydrogen-bond donors (Lipinski definition) is 0. The van der Waals surface area contributed by atoms with Gasteiger partial charge >= 0.3 is 6.01 Å². The third-order valence-electron chi connectivity index (χ3n) is 6.56. The summed E-state index contributed by atoms with van der Waals surface area (Å²) in [4.78, 5) is 26.8. The van der Waals surface area contributed by atoms with Gasteiger partial charge < -0.3 is 19.4 Å². The van der Waals surface area contributed by atoms with Crippen LogP contribution in [0, 0.1) is 5.82 Å². The summed E-state index contributed by atoms with van der Waals surface area (Å²) in [5, 5.41) is 1.64. The number of ether oxygens (including phenoxy) is 1. The third-order valence-corrected chi connectivity index (χ3v) is 6.93. The molecule has 2 aliphatic rings. The second kappa shape index (κ2) is 9.30. The number of nitrogens with zero attached hydrogens (tertiary/aromatic N) is 5. The number of piperazine rings is 1. The molecule has 7 nitrogen and oxygen atoms in total. The number of halogens is 3. The van der Waals surface area contributed by atoms with Crippen LogP contribution in [0.1, 0.15) is 11.3 Å². The van der Waals surface area contributed by atoms with Crippen LogP contribution >= 0.6 is 11.6 Å². The molecule has 3 aromatic rings. The number of carbonyl (C=O) groups is 1. The SMILES string of the molecule is C=C(F)C(=O)N1CCN(c2nc(OC)nc3c2CCN(c2cccc4ccc(F)c(Cl)c24)C3)CC1. The Hall–Kier alpha value is -3.46.